The Bertz CT molecular complexity index is 571. The van der Waals surface area contributed by atoms with Gasteiger partial charge >= 0.3 is 0 Å². The van der Waals surface area contributed by atoms with Gasteiger partial charge in [0, 0.05) is 32.6 Å². The summed E-state index contributed by atoms with van der Waals surface area (Å²) in [5.74, 6) is 0.0490. The molecule has 1 amide bonds. The van der Waals surface area contributed by atoms with Gasteiger partial charge in [0.25, 0.3) is 0 Å². The van der Waals surface area contributed by atoms with Crippen LogP contribution in [0.4, 0.5) is 0 Å². The second kappa shape index (κ2) is 10.7. The molecule has 0 fully saturated rings. The number of benzene rings is 2. The maximum atomic E-state index is 11.2. The Morgan fingerprint density at radius 2 is 1.44 bits per heavy atom. The summed E-state index contributed by atoms with van der Waals surface area (Å²) in [6, 6.07) is 21.7. The summed E-state index contributed by atoms with van der Waals surface area (Å²) in [5.41, 5.74) is 2.66. The van der Waals surface area contributed by atoms with Crippen molar-refractivity contribution >= 4 is 5.91 Å². The average Bonchev–Trinajstić information content (AvgIpc) is 2.62. The molecule has 3 nitrogen and oxygen atoms in total. The van der Waals surface area contributed by atoms with E-state index < -0.39 is 0 Å². The van der Waals surface area contributed by atoms with Crippen molar-refractivity contribution in [2.24, 2.45) is 0 Å². The standard InChI is InChI=1S/C22H30N2O/c1-3-10-22(15-16-23-19(2)25)24(17-20-11-6-4-7-12-20)18-21-13-8-5-9-14-21/h4-9,11-14,22H,3,10,15-18H2,1-2H3,(H,23,25)/t22-/m1/s1. The van der Waals surface area contributed by atoms with Crippen molar-refractivity contribution in [3.63, 3.8) is 0 Å². The first kappa shape index (κ1) is 19.2. The SMILES string of the molecule is CCC[C@H](CCNC(C)=O)N(Cc1ccccc1)Cc1ccccc1. The summed E-state index contributed by atoms with van der Waals surface area (Å²) in [6.07, 6.45) is 3.26. The van der Waals surface area contributed by atoms with E-state index in [-0.39, 0.29) is 5.91 Å². The minimum Gasteiger partial charge on any atom is -0.356 e. The van der Waals surface area contributed by atoms with Crippen LogP contribution in [0.25, 0.3) is 0 Å². The molecule has 0 aliphatic heterocycles. The normalized spacial score (nSPS) is 12.1. The van der Waals surface area contributed by atoms with Gasteiger partial charge in [0.05, 0.1) is 0 Å². The van der Waals surface area contributed by atoms with Gasteiger partial charge in [-0.2, -0.15) is 0 Å². The molecule has 1 atom stereocenters. The Morgan fingerprint density at radius 1 is 0.920 bits per heavy atom. The first-order valence-electron chi connectivity index (χ1n) is 9.25. The number of hydrogen-bond acceptors (Lipinski definition) is 2. The molecule has 2 aromatic carbocycles. The van der Waals surface area contributed by atoms with Gasteiger partial charge in [0.1, 0.15) is 0 Å². The minimum absolute atomic E-state index is 0.0490. The van der Waals surface area contributed by atoms with Gasteiger partial charge in [-0.1, -0.05) is 74.0 Å². The van der Waals surface area contributed by atoms with Crippen LogP contribution in [-0.2, 0) is 17.9 Å². The molecule has 0 aromatic heterocycles. The molecule has 0 saturated heterocycles. The topological polar surface area (TPSA) is 32.3 Å². The molecule has 134 valence electrons. The Hall–Kier alpha value is -2.13. The van der Waals surface area contributed by atoms with Gasteiger partial charge in [0.15, 0.2) is 0 Å². The van der Waals surface area contributed by atoms with Crippen molar-refractivity contribution in [2.75, 3.05) is 6.54 Å². The second-order valence-electron chi connectivity index (χ2n) is 6.59. The Balaban J connectivity index is 2.12. The van der Waals surface area contributed by atoms with Crippen LogP contribution in [0.1, 0.15) is 44.2 Å². The van der Waals surface area contributed by atoms with Crippen LogP contribution in [0.15, 0.2) is 60.7 Å². The van der Waals surface area contributed by atoms with Crippen LogP contribution in [0.5, 0.6) is 0 Å². The van der Waals surface area contributed by atoms with Crippen molar-refractivity contribution in [3.05, 3.63) is 71.8 Å². The smallest absolute Gasteiger partial charge is 0.216 e. The lowest BCUT2D eigenvalue weighted by Gasteiger charge is -2.32. The zero-order valence-corrected chi connectivity index (χ0v) is 15.4. The largest absolute Gasteiger partial charge is 0.356 e. The zero-order chi connectivity index (χ0) is 17.9. The van der Waals surface area contributed by atoms with Crippen molar-refractivity contribution in [3.8, 4) is 0 Å². The predicted octanol–water partition coefficient (Wildman–Crippen LogP) is 4.38. The van der Waals surface area contributed by atoms with E-state index in [2.05, 4.69) is 77.8 Å². The lowest BCUT2D eigenvalue weighted by Crippen LogP contribution is -2.37. The number of amides is 1. The number of carbonyl (C=O) groups is 1. The summed E-state index contributed by atoms with van der Waals surface area (Å²) in [4.78, 5) is 13.8. The van der Waals surface area contributed by atoms with Crippen molar-refractivity contribution < 1.29 is 4.79 Å². The van der Waals surface area contributed by atoms with E-state index in [9.17, 15) is 4.79 Å². The summed E-state index contributed by atoms with van der Waals surface area (Å²) >= 11 is 0. The number of carbonyl (C=O) groups excluding carboxylic acids is 1. The molecular weight excluding hydrogens is 308 g/mol. The van der Waals surface area contributed by atoms with Crippen molar-refractivity contribution in [2.45, 2.75) is 52.2 Å². The molecule has 25 heavy (non-hydrogen) atoms. The molecular formula is C22H30N2O. The molecule has 0 heterocycles. The van der Waals surface area contributed by atoms with Crippen molar-refractivity contribution in [1.29, 1.82) is 0 Å². The van der Waals surface area contributed by atoms with E-state index in [1.54, 1.807) is 6.92 Å². The highest BCUT2D eigenvalue weighted by Crippen LogP contribution is 2.18. The number of hydrogen-bond donors (Lipinski definition) is 1. The third-order valence-electron chi connectivity index (χ3n) is 4.45. The van der Waals surface area contributed by atoms with E-state index in [1.807, 2.05) is 0 Å². The fourth-order valence-electron chi connectivity index (χ4n) is 3.21. The molecule has 1 N–H and O–H groups in total. The number of nitrogens with one attached hydrogen (secondary N) is 1. The van der Waals surface area contributed by atoms with E-state index in [1.165, 1.54) is 11.1 Å². The predicted molar refractivity (Wildman–Crippen MR) is 104 cm³/mol. The maximum absolute atomic E-state index is 11.2. The van der Waals surface area contributed by atoms with Gasteiger partial charge in [-0.3, -0.25) is 9.69 Å². The molecule has 2 rings (SSSR count). The van der Waals surface area contributed by atoms with E-state index in [4.69, 9.17) is 0 Å². The zero-order valence-electron chi connectivity index (χ0n) is 15.4. The first-order chi connectivity index (χ1) is 12.2. The van der Waals surface area contributed by atoms with Crippen LogP contribution in [0.3, 0.4) is 0 Å². The second-order valence-corrected chi connectivity index (χ2v) is 6.59. The number of nitrogens with zero attached hydrogens (tertiary/aromatic N) is 1. The quantitative estimate of drug-likeness (QED) is 0.697. The average molecular weight is 338 g/mol. The van der Waals surface area contributed by atoms with Gasteiger partial charge in [-0.25, -0.2) is 0 Å². The summed E-state index contributed by atoms with van der Waals surface area (Å²) in [6.45, 7) is 6.41. The van der Waals surface area contributed by atoms with Crippen LogP contribution in [-0.4, -0.2) is 23.4 Å². The molecule has 2 aromatic rings. The lowest BCUT2D eigenvalue weighted by molar-refractivity contribution is -0.119. The van der Waals surface area contributed by atoms with Gasteiger partial charge in [-0.05, 0) is 24.0 Å². The summed E-state index contributed by atoms with van der Waals surface area (Å²) in [7, 11) is 0. The van der Waals surface area contributed by atoms with Gasteiger partial charge < -0.3 is 5.32 Å². The molecule has 0 saturated carbocycles. The summed E-state index contributed by atoms with van der Waals surface area (Å²) < 4.78 is 0. The highest BCUT2D eigenvalue weighted by atomic mass is 16.1. The molecule has 0 radical (unpaired) electrons. The monoisotopic (exact) mass is 338 g/mol. The van der Waals surface area contributed by atoms with Gasteiger partial charge in [0.2, 0.25) is 5.91 Å². The molecule has 0 aliphatic carbocycles. The minimum atomic E-state index is 0.0490. The van der Waals surface area contributed by atoms with E-state index in [0.29, 0.717) is 6.04 Å². The van der Waals surface area contributed by atoms with E-state index >= 15 is 0 Å². The Kier molecular flexibility index (Phi) is 8.20. The number of rotatable bonds is 10. The van der Waals surface area contributed by atoms with Crippen LogP contribution >= 0.6 is 0 Å². The third kappa shape index (κ3) is 7.10. The lowest BCUT2D eigenvalue weighted by atomic mass is 10.0. The highest BCUT2D eigenvalue weighted by Gasteiger charge is 2.18. The summed E-state index contributed by atoms with van der Waals surface area (Å²) in [5, 5.41) is 2.95. The fraction of sp³-hybridized carbons (Fsp3) is 0.409. The fourth-order valence-corrected chi connectivity index (χ4v) is 3.21. The maximum Gasteiger partial charge on any atom is 0.216 e. The van der Waals surface area contributed by atoms with Crippen LogP contribution in [0.2, 0.25) is 0 Å². The van der Waals surface area contributed by atoms with Gasteiger partial charge in [-0.15, -0.1) is 0 Å². The molecule has 0 bridgehead atoms. The highest BCUT2D eigenvalue weighted by molar-refractivity contribution is 5.72. The molecule has 0 aliphatic rings. The molecule has 0 unspecified atom stereocenters. The van der Waals surface area contributed by atoms with Crippen LogP contribution < -0.4 is 5.32 Å². The Labute approximate surface area is 152 Å². The van der Waals surface area contributed by atoms with Crippen molar-refractivity contribution in [1.82, 2.24) is 10.2 Å². The van der Waals surface area contributed by atoms with E-state index in [0.717, 1.165) is 38.9 Å². The molecule has 3 heteroatoms. The molecule has 0 spiro atoms. The van der Waals surface area contributed by atoms with Crippen LogP contribution in [0, 0.1) is 0 Å². The first-order valence-corrected chi connectivity index (χ1v) is 9.25. The Morgan fingerprint density at radius 3 is 1.88 bits per heavy atom. The third-order valence-corrected chi connectivity index (χ3v) is 4.45.